The van der Waals surface area contributed by atoms with E-state index in [4.69, 9.17) is 4.74 Å². The Bertz CT molecular complexity index is 897. The number of ether oxygens (including phenoxy) is 1. The Morgan fingerprint density at radius 1 is 0.700 bits per heavy atom. The molecule has 3 heterocycles. The summed E-state index contributed by atoms with van der Waals surface area (Å²) < 4.78 is 6.04. The van der Waals surface area contributed by atoms with Crippen LogP contribution in [0.15, 0.2) is 48.5 Å². The molecule has 2 aromatic rings. The highest BCUT2D eigenvalue weighted by atomic mass is 16.5. The molecular formula is C25H28N2O3. The van der Waals surface area contributed by atoms with Crippen LogP contribution in [0, 0.1) is 5.92 Å². The van der Waals surface area contributed by atoms with E-state index >= 15 is 0 Å². The minimum absolute atomic E-state index is 0.0569. The number of hydrogen-bond donors (Lipinski definition) is 0. The highest BCUT2D eigenvalue weighted by Crippen LogP contribution is 2.45. The van der Waals surface area contributed by atoms with Crippen LogP contribution in [-0.4, -0.2) is 47.8 Å². The lowest BCUT2D eigenvalue weighted by molar-refractivity contribution is -0.141. The summed E-state index contributed by atoms with van der Waals surface area (Å²) >= 11 is 0. The fraction of sp³-hybridized carbons (Fsp3) is 0.440. The van der Waals surface area contributed by atoms with Crippen LogP contribution >= 0.6 is 0 Å². The van der Waals surface area contributed by atoms with E-state index in [9.17, 15) is 9.59 Å². The number of carbonyl (C=O) groups is 2. The van der Waals surface area contributed by atoms with Gasteiger partial charge in [0.1, 0.15) is 11.5 Å². The summed E-state index contributed by atoms with van der Waals surface area (Å²) in [7, 11) is 0. The van der Waals surface area contributed by atoms with Crippen molar-refractivity contribution in [1.82, 2.24) is 9.80 Å². The SMILES string of the molecule is O=C(C1CCN(C(=O)C2c3ccccc3Oc3ccccc32)CC1)N1CCCCC1. The second kappa shape index (κ2) is 8.13. The van der Waals surface area contributed by atoms with Gasteiger partial charge in [0, 0.05) is 43.2 Å². The topological polar surface area (TPSA) is 49.9 Å². The van der Waals surface area contributed by atoms with Gasteiger partial charge in [-0.3, -0.25) is 9.59 Å². The number of hydrogen-bond acceptors (Lipinski definition) is 3. The molecule has 0 saturated carbocycles. The third kappa shape index (κ3) is 3.47. The number of likely N-dealkylation sites (tertiary alicyclic amines) is 2. The molecule has 5 rings (SSSR count). The van der Waals surface area contributed by atoms with Gasteiger partial charge in [0.2, 0.25) is 11.8 Å². The summed E-state index contributed by atoms with van der Waals surface area (Å²) in [5.41, 5.74) is 1.85. The van der Waals surface area contributed by atoms with E-state index in [1.807, 2.05) is 58.3 Å². The number of nitrogens with zero attached hydrogens (tertiary/aromatic N) is 2. The van der Waals surface area contributed by atoms with E-state index < -0.39 is 0 Å². The Morgan fingerprint density at radius 3 is 1.83 bits per heavy atom. The maximum atomic E-state index is 13.6. The van der Waals surface area contributed by atoms with Crippen LogP contribution in [0.4, 0.5) is 0 Å². The fourth-order valence-electron chi connectivity index (χ4n) is 5.08. The molecule has 0 aliphatic carbocycles. The van der Waals surface area contributed by atoms with Gasteiger partial charge in [-0.15, -0.1) is 0 Å². The maximum Gasteiger partial charge on any atom is 0.234 e. The lowest BCUT2D eigenvalue weighted by Crippen LogP contribution is -2.47. The van der Waals surface area contributed by atoms with E-state index in [0.29, 0.717) is 19.0 Å². The summed E-state index contributed by atoms with van der Waals surface area (Å²) in [6.07, 6.45) is 4.98. The molecule has 3 aliphatic heterocycles. The van der Waals surface area contributed by atoms with Crippen LogP contribution < -0.4 is 4.74 Å². The van der Waals surface area contributed by atoms with Gasteiger partial charge in [0.15, 0.2) is 0 Å². The Kier molecular flexibility index (Phi) is 5.19. The summed E-state index contributed by atoms with van der Waals surface area (Å²) in [6, 6.07) is 15.6. The highest BCUT2D eigenvalue weighted by molar-refractivity contribution is 5.90. The van der Waals surface area contributed by atoms with Crippen molar-refractivity contribution in [2.45, 2.75) is 38.0 Å². The monoisotopic (exact) mass is 404 g/mol. The Hall–Kier alpha value is -2.82. The first-order valence-corrected chi connectivity index (χ1v) is 11.2. The summed E-state index contributed by atoms with van der Waals surface area (Å²) in [5.74, 6) is 1.63. The first-order chi connectivity index (χ1) is 14.7. The summed E-state index contributed by atoms with van der Waals surface area (Å²) in [5, 5.41) is 0. The van der Waals surface area contributed by atoms with Gasteiger partial charge in [-0.1, -0.05) is 36.4 Å². The standard InChI is InChI=1S/C25H28N2O3/c28-24(26-14-6-1-7-15-26)18-12-16-27(17-13-18)25(29)23-19-8-2-4-10-21(19)30-22-11-5-3-9-20(22)23/h2-5,8-11,18,23H,1,6-7,12-17H2. The zero-order valence-corrected chi connectivity index (χ0v) is 17.3. The predicted molar refractivity (Wildman–Crippen MR) is 115 cm³/mol. The van der Waals surface area contributed by atoms with Gasteiger partial charge < -0.3 is 14.5 Å². The highest BCUT2D eigenvalue weighted by Gasteiger charge is 2.37. The Labute approximate surface area is 177 Å². The predicted octanol–water partition coefficient (Wildman–Crippen LogP) is 4.18. The third-order valence-corrected chi connectivity index (χ3v) is 6.75. The molecule has 0 N–H and O–H groups in total. The Morgan fingerprint density at radius 2 is 1.23 bits per heavy atom. The molecule has 156 valence electrons. The van der Waals surface area contributed by atoms with Crippen molar-refractivity contribution < 1.29 is 14.3 Å². The molecular weight excluding hydrogens is 376 g/mol. The summed E-state index contributed by atoms with van der Waals surface area (Å²) in [4.78, 5) is 30.5. The van der Waals surface area contributed by atoms with Crippen molar-refractivity contribution in [3.8, 4) is 11.5 Å². The van der Waals surface area contributed by atoms with Gasteiger partial charge in [-0.2, -0.15) is 0 Å². The number of para-hydroxylation sites is 2. The van der Waals surface area contributed by atoms with Gasteiger partial charge in [-0.25, -0.2) is 0 Å². The number of benzene rings is 2. The zero-order chi connectivity index (χ0) is 20.5. The number of piperidine rings is 2. The second-order valence-electron chi connectivity index (χ2n) is 8.60. The minimum atomic E-state index is -0.347. The van der Waals surface area contributed by atoms with Gasteiger partial charge in [-0.05, 0) is 44.2 Å². The van der Waals surface area contributed by atoms with Crippen LogP contribution in [0.25, 0.3) is 0 Å². The fourth-order valence-corrected chi connectivity index (χ4v) is 5.08. The van der Waals surface area contributed by atoms with Crippen LogP contribution in [0.2, 0.25) is 0 Å². The molecule has 0 bridgehead atoms. The average Bonchev–Trinajstić information content (AvgIpc) is 2.82. The first kappa shape index (κ1) is 19.2. The minimum Gasteiger partial charge on any atom is -0.457 e. The van der Waals surface area contributed by atoms with Gasteiger partial charge >= 0.3 is 0 Å². The molecule has 2 aromatic carbocycles. The van der Waals surface area contributed by atoms with Gasteiger partial charge in [0.05, 0.1) is 5.92 Å². The third-order valence-electron chi connectivity index (χ3n) is 6.75. The van der Waals surface area contributed by atoms with E-state index in [1.54, 1.807) is 0 Å². The molecule has 0 aromatic heterocycles. The van der Waals surface area contributed by atoms with Crippen LogP contribution in [0.3, 0.4) is 0 Å². The average molecular weight is 405 g/mol. The second-order valence-corrected chi connectivity index (χ2v) is 8.60. The zero-order valence-electron chi connectivity index (χ0n) is 17.3. The van der Waals surface area contributed by atoms with Crippen molar-refractivity contribution in [3.05, 3.63) is 59.7 Å². The molecule has 2 saturated heterocycles. The lowest BCUT2D eigenvalue weighted by atomic mass is 9.85. The van der Waals surface area contributed by atoms with Crippen LogP contribution in [0.5, 0.6) is 11.5 Å². The molecule has 5 nitrogen and oxygen atoms in total. The number of amides is 2. The van der Waals surface area contributed by atoms with Crippen LogP contribution in [0.1, 0.15) is 49.1 Å². The van der Waals surface area contributed by atoms with E-state index in [0.717, 1.165) is 61.4 Å². The van der Waals surface area contributed by atoms with Crippen LogP contribution in [-0.2, 0) is 9.59 Å². The van der Waals surface area contributed by atoms with E-state index in [-0.39, 0.29) is 17.7 Å². The molecule has 0 atom stereocenters. The van der Waals surface area contributed by atoms with E-state index in [2.05, 4.69) is 0 Å². The molecule has 30 heavy (non-hydrogen) atoms. The number of fused-ring (bicyclic) bond motifs is 2. The quantitative estimate of drug-likeness (QED) is 0.755. The molecule has 2 amide bonds. The van der Waals surface area contributed by atoms with Crippen molar-refractivity contribution in [1.29, 1.82) is 0 Å². The first-order valence-electron chi connectivity index (χ1n) is 11.2. The maximum absolute atomic E-state index is 13.6. The smallest absolute Gasteiger partial charge is 0.234 e. The Balaban J connectivity index is 1.32. The van der Waals surface area contributed by atoms with Gasteiger partial charge in [0.25, 0.3) is 0 Å². The van der Waals surface area contributed by atoms with E-state index in [1.165, 1.54) is 6.42 Å². The molecule has 3 aliphatic rings. The molecule has 5 heteroatoms. The normalized spacial score (nSPS) is 19.6. The lowest BCUT2D eigenvalue weighted by Gasteiger charge is -2.37. The molecule has 0 spiro atoms. The number of rotatable bonds is 2. The summed E-state index contributed by atoms with van der Waals surface area (Å²) in [6.45, 7) is 3.08. The van der Waals surface area contributed by atoms with Crippen molar-refractivity contribution in [2.24, 2.45) is 5.92 Å². The largest absolute Gasteiger partial charge is 0.457 e. The molecule has 0 unspecified atom stereocenters. The molecule has 0 radical (unpaired) electrons. The van der Waals surface area contributed by atoms with Crippen molar-refractivity contribution in [2.75, 3.05) is 26.2 Å². The number of carbonyl (C=O) groups excluding carboxylic acids is 2. The van der Waals surface area contributed by atoms with Crippen molar-refractivity contribution in [3.63, 3.8) is 0 Å². The molecule has 2 fully saturated rings. The van der Waals surface area contributed by atoms with Crippen molar-refractivity contribution >= 4 is 11.8 Å².